The molecule has 21 heavy (non-hydrogen) atoms. The molecule has 0 spiro atoms. The van der Waals surface area contributed by atoms with Crippen molar-refractivity contribution in [2.24, 2.45) is 0 Å². The highest BCUT2D eigenvalue weighted by Gasteiger charge is 2.12. The topological polar surface area (TPSA) is 13.7 Å². The van der Waals surface area contributed by atoms with Gasteiger partial charge in [0.05, 0.1) is 26.2 Å². The molecule has 1 fully saturated rings. The van der Waals surface area contributed by atoms with Crippen molar-refractivity contribution in [3.05, 3.63) is 42.5 Å². The molecule has 2 nitrogen and oxygen atoms in total. The number of fused-ring (bicyclic) bond motifs is 1. The van der Waals surface area contributed by atoms with E-state index < -0.39 is 0 Å². The summed E-state index contributed by atoms with van der Waals surface area (Å²) in [5.41, 5.74) is 0. The molecule has 3 rings (SSSR count). The number of piperidine rings is 1. The zero-order chi connectivity index (χ0) is 14.3. The molecule has 0 unspecified atom stereocenters. The van der Waals surface area contributed by atoms with Crippen molar-refractivity contribution in [2.45, 2.75) is 32.1 Å². The van der Waals surface area contributed by atoms with Gasteiger partial charge in [0, 0.05) is 0 Å². The summed E-state index contributed by atoms with van der Waals surface area (Å²) in [5, 5.41) is 2.53. The lowest BCUT2D eigenvalue weighted by molar-refractivity contribution is -0.905. The van der Waals surface area contributed by atoms with Gasteiger partial charge < -0.3 is 9.64 Å². The molecule has 1 N–H and O–H groups in total. The van der Waals surface area contributed by atoms with Crippen LogP contribution in [0.25, 0.3) is 10.8 Å². The highest BCUT2D eigenvalue weighted by atomic mass is 16.5. The minimum Gasteiger partial charge on any atom is -0.494 e. The van der Waals surface area contributed by atoms with Gasteiger partial charge in [-0.15, -0.1) is 0 Å². The van der Waals surface area contributed by atoms with Crippen molar-refractivity contribution < 1.29 is 9.64 Å². The van der Waals surface area contributed by atoms with Crippen LogP contribution in [0.2, 0.25) is 0 Å². The lowest BCUT2D eigenvalue weighted by Gasteiger charge is -2.23. The normalized spacial score (nSPS) is 16.2. The molecule has 0 aromatic heterocycles. The molecule has 0 bridgehead atoms. The Hall–Kier alpha value is -1.54. The summed E-state index contributed by atoms with van der Waals surface area (Å²) >= 11 is 0. The Balaban J connectivity index is 1.39. The Kier molecular flexibility index (Phi) is 5.12. The number of hydrogen-bond acceptors (Lipinski definition) is 1. The first-order chi connectivity index (χ1) is 10.4. The average molecular weight is 284 g/mol. The molecule has 1 aliphatic heterocycles. The lowest BCUT2D eigenvalue weighted by atomic mass is 10.1. The maximum absolute atomic E-state index is 5.89. The molecule has 112 valence electrons. The first-order valence-corrected chi connectivity index (χ1v) is 8.37. The van der Waals surface area contributed by atoms with Crippen molar-refractivity contribution in [3.8, 4) is 5.75 Å². The Morgan fingerprint density at radius 3 is 2.52 bits per heavy atom. The van der Waals surface area contributed by atoms with Crippen LogP contribution in [-0.4, -0.2) is 26.2 Å². The van der Waals surface area contributed by atoms with Crippen LogP contribution in [0.5, 0.6) is 5.75 Å². The number of rotatable bonds is 6. The number of unbranched alkanes of at least 4 members (excludes halogenated alkanes) is 1. The monoisotopic (exact) mass is 284 g/mol. The summed E-state index contributed by atoms with van der Waals surface area (Å²) < 4.78 is 5.89. The molecule has 0 amide bonds. The van der Waals surface area contributed by atoms with Crippen LogP contribution >= 0.6 is 0 Å². The van der Waals surface area contributed by atoms with Crippen LogP contribution in [0, 0.1) is 0 Å². The number of hydrogen-bond donors (Lipinski definition) is 1. The van der Waals surface area contributed by atoms with E-state index in [1.54, 1.807) is 4.90 Å². The summed E-state index contributed by atoms with van der Waals surface area (Å²) in [7, 11) is 0. The highest BCUT2D eigenvalue weighted by molar-refractivity contribution is 5.83. The van der Waals surface area contributed by atoms with Gasteiger partial charge in [0.2, 0.25) is 0 Å². The van der Waals surface area contributed by atoms with Crippen LogP contribution in [0.1, 0.15) is 32.1 Å². The van der Waals surface area contributed by atoms with Crippen molar-refractivity contribution in [1.82, 2.24) is 0 Å². The highest BCUT2D eigenvalue weighted by Crippen LogP contribution is 2.20. The minimum absolute atomic E-state index is 0.839. The Morgan fingerprint density at radius 1 is 0.857 bits per heavy atom. The predicted octanol–water partition coefficient (Wildman–Crippen LogP) is 3.07. The molecule has 1 aliphatic rings. The third-order valence-corrected chi connectivity index (χ3v) is 4.47. The number of benzene rings is 2. The van der Waals surface area contributed by atoms with Gasteiger partial charge in [-0.2, -0.15) is 0 Å². The van der Waals surface area contributed by atoms with Gasteiger partial charge in [-0.05, 0) is 55.0 Å². The van der Waals surface area contributed by atoms with E-state index in [0.717, 1.165) is 18.8 Å². The summed E-state index contributed by atoms with van der Waals surface area (Å²) in [6.45, 7) is 4.92. The third-order valence-electron chi connectivity index (χ3n) is 4.47. The van der Waals surface area contributed by atoms with E-state index in [9.17, 15) is 0 Å². The van der Waals surface area contributed by atoms with E-state index in [4.69, 9.17) is 4.74 Å². The zero-order valence-corrected chi connectivity index (χ0v) is 12.8. The lowest BCUT2D eigenvalue weighted by Crippen LogP contribution is -3.12. The van der Waals surface area contributed by atoms with Crippen LogP contribution < -0.4 is 9.64 Å². The Bertz CT molecular complexity index is 560. The minimum atomic E-state index is 0.839. The molecule has 2 heteroatoms. The fourth-order valence-electron chi connectivity index (χ4n) is 3.23. The van der Waals surface area contributed by atoms with Gasteiger partial charge in [-0.3, -0.25) is 0 Å². The fraction of sp³-hybridized carbons (Fsp3) is 0.474. The van der Waals surface area contributed by atoms with Gasteiger partial charge in [-0.1, -0.05) is 30.3 Å². The molecule has 0 saturated carbocycles. The average Bonchev–Trinajstić information content (AvgIpc) is 2.55. The molecular formula is C19H26NO+. The van der Waals surface area contributed by atoms with Crippen molar-refractivity contribution in [3.63, 3.8) is 0 Å². The van der Waals surface area contributed by atoms with Crippen molar-refractivity contribution in [2.75, 3.05) is 26.2 Å². The third kappa shape index (κ3) is 4.21. The maximum Gasteiger partial charge on any atom is 0.119 e. The van der Waals surface area contributed by atoms with E-state index in [1.165, 1.54) is 56.1 Å². The Labute approximate surface area is 127 Å². The fourth-order valence-corrected chi connectivity index (χ4v) is 3.23. The van der Waals surface area contributed by atoms with Crippen molar-refractivity contribution >= 4 is 10.8 Å². The number of nitrogens with one attached hydrogen (secondary N) is 1. The first kappa shape index (κ1) is 14.4. The van der Waals surface area contributed by atoms with Gasteiger partial charge in [0.1, 0.15) is 5.75 Å². The molecule has 2 aromatic carbocycles. The maximum atomic E-state index is 5.89. The second-order valence-corrected chi connectivity index (χ2v) is 6.13. The quantitative estimate of drug-likeness (QED) is 0.805. The smallest absolute Gasteiger partial charge is 0.119 e. The molecule has 0 aliphatic carbocycles. The summed E-state index contributed by atoms with van der Waals surface area (Å²) in [6, 6.07) is 14.8. The SMILES string of the molecule is c1ccc2cc(OCCCC[NH+]3CCCCC3)ccc2c1. The van der Waals surface area contributed by atoms with Gasteiger partial charge >= 0.3 is 0 Å². The first-order valence-electron chi connectivity index (χ1n) is 8.37. The number of likely N-dealkylation sites (tertiary alicyclic amines) is 1. The van der Waals surface area contributed by atoms with Gasteiger partial charge in [0.15, 0.2) is 0 Å². The summed E-state index contributed by atoms with van der Waals surface area (Å²) in [5.74, 6) is 0.999. The second-order valence-electron chi connectivity index (χ2n) is 6.13. The van der Waals surface area contributed by atoms with E-state index in [-0.39, 0.29) is 0 Å². The van der Waals surface area contributed by atoms with Crippen molar-refractivity contribution in [1.29, 1.82) is 0 Å². The standard InChI is InChI=1S/C19H25NO/c1-4-12-20(13-5-1)14-6-7-15-21-19-11-10-17-8-2-3-9-18(17)16-19/h2-3,8-11,16H,1,4-7,12-15H2/p+1. The van der Waals surface area contributed by atoms with Crippen LogP contribution in [-0.2, 0) is 0 Å². The van der Waals surface area contributed by atoms with E-state index >= 15 is 0 Å². The second kappa shape index (κ2) is 7.46. The molecule has 0 radical (unpaired) electrons. The number of ether oxygens (including phenoxy) is 1. The summed E-state index contributed by atoms with van der Waals surface area (Å²) in [6.07, 6.45) is 6.72. The van der Waals surface area contributed by atoms with E-state index in [1.807, 2.05) is 0 Å². The van der Waals surface area contributed by atoms with E-state index in [0.29, 0.717) is 0 Å². The van der Waals surface area contributed by atoms with Crippen LogP contribution in [0.4, 0.5) is 0 Å². The van der Waals surface area contributed by atoms with E-state index in [2.05, 4.69) is 42.5 Å². The molecule has 2 aromatic rings. The van der Waals surface area contributed by atoms with Gasteiger partial charge in [0.25, 0.3) is 0 Å². The molecule has 1 saturated heterocycles. The molecule has 1 heterocycles. The van der Waals surface area contributed by atoms with Gasteiger partial charge in [-0.25, -0.2) is 0 Å². The number of quaternary nitrogens is 1. The molecule has 0 atom stereocenters. The van der Waals surface area contributed by atoms with Crippen LogP contribution in [0.15, 0.2) is 42.5 Å². The summed E-state index contributed by atoms with van der Waals surface area (Å²) in [4.78, 5) is 1.80. The zero-order valence-electron chi connectivity index (χ0n) is 12.8. The Morgan fingerprint density at radius 2 is 1.67 bits per heavy atom. The predicted molar refractivity (Wildman–Crippen MR) is 88.1 cm³/mol. The molecular weight excluding hydrogens is 258 g/mol. The largest absolute Gasteiger partial charge is 0.494 e. The van der Waals surface area contributed by atoms with Crippen LogP contribution in [0.3, 0.4) is 0 Å².